The largest absolute Gasteiger partial charge is 0.497 e. The van der Waals surface area contributed by atoms with Gasteiger partial charge in [-0.2, -0.15) is 0 Å². The zero-order valence-electron chi connectivity index (χ0n) is 18.4. The fraction of sp³-hybridized carbons (Fsp3) is 0.360. The van der Waals surface area contributed by atoms with Crippen LogP contribution in [0.4, 0.5) is 10.5 Å². The maximum atomic E-state index is 13.3. The van der Waals surface area contributed by atoms with Crippen molar-refractivity contribution in [3.05, 3.63) is 71.3 Å². The summed E-state index contributed by atoms with van der Waals surface area (Å²) in [5, 5.41) is 0. The Morgan fingerprint density at radius 2 is 1.77 bits per heavy atom. The summed E-state index contributed by atoms with van der Waals surface area (Å²) in [7, 11) is 1.64. The van der Waals surface area contributed by atoms with Crippen LogP contribution in [0.2, 0.25) is 0 Å². The molecule has 4 rings (SSSR count). The molecule has 31 heavy (non-hydrogen) atoms. The highest BCUT2D eigenvalue weighted by atomic mass is 16.6. The van der Waals surface area contributed by atoms with E-state index < -0.39 is 11.7 Å². The van der Waals surface area contributed by atoms with Crippen molar-refractivity contribution in [2.24, 2.45) is 0 Å². The summed E-state index contributed by atoms with van der Waals surface area (Å²) in [4.78, 5) is 29.3. The molecular formula is C25H28N2O4. The van der Waals surface area contributed by atoms with E-state index in [0.717, 1.165) is 30.0 Å². The molecule has 2 aliphatic heterocycles. The average molecular weight is 421 g/mol. The fourth-order valence-electron chi connectivity index (χ4n) is 4.17. The minimum Gasteiger partial charge on any atom is -0.497 e. The van der Waals surface area contributed by atoms with Gasteiger partial charge in [0.1, 0.15) is 11.4 Å². The van der Waals surface area contributed by atoms with Gasteiger partial charge in [0.25, 0.3) is 5.91 Å². The lowest BCUT2D eigenvalue weighted by molar-refractivity contribution is -0.125. The minimum atomic E-state index is -0.660. The van der Waals surface area contributed by atoms with Crippen LogP contribution < -0.4 is 9.64 Å². The van der Waals surface area contributed by atoms with Gasteiger partial charge in [-0.3, -0.25) is 4.79 Å². The Labute approximate surface area is 183 Å². The van der Waals surface area contributed by atoms with E-state index in [9.17, 15) is 9.59 Å². The molecule has 1 atom stereocenters. The van der Waals surface area contributed by atoms with E-state index in [2.05, 4.69) is 17.0 Å². The van der Waals surface area contributed by atoms with Crippen molar-refractivity contribution in [1.82, 2.24) is 4.90 Å². The molecule has 2 heterocycles. The van der Waals surface area contributed by atoms with Crippen LogP contribution in [-0.2, 0) is 16.0 Å². The molecule has 0 bridgehead atoms. The number of amides is 2. The predicted octanol–water partition coefficient (Wildman–Crippen LogP) is 4.50. The second kappa shape index (κ2) is 8.10. The van der Waals surface area contributed by atoms with Crippen molar-refractivity contribution in [1.29, 1.82) is 0 Å². The molecule has 162 valence electrons. The number of benzene rings is 2. The number of ether oxygens (including phenoxy) is 2. The maximum Gasteiger partial charge on any atom is 0.417 e. The Morgan fingerprint density at radius 3 is 2.45 bits per heavy atom. The number of rotatable bonds is 3. The van der Waals surface area contributed by atoms with Crippen LogP contribution >= 0.6 is 0 Å². The zero-order chi connectivity index (χ0) is 22.2. The number of hydrogen-bond donors (Lipinski definition) is 0. The van der Waals surface area contributed by atoms with Crippen molar-refractivity contribution >= 4 is 17.7 Å². The van der Waals surface area contributed by atoms with Gasteiger partial charge in [0, 0.05) is 17.8 Å². The summed E-state index contributed by atoms with van der Waals surface area (Å²) in [5.74, 6) is 0.486. The Morgan fingerprint density at radius 1 is 1.06 bits per heavy atom. The molecule has 0 saturated heterocycles. The summed E-state index contributed by atoms with van der Waals surface area (Å²) < 4.78 is 10.7. The Bertz CT molecular complexity index is 1020. The summed E-state index contributed by atoms with van der Waals surface area (Å²) in [6, 6.07) is 15.8. The molecule has 0 spiro atoms. The number of hydrogen-bond acceptors (Lipinski definition) is 5. The van der Waals surface area contributed by atoms with E-state index >= 15 is 0 Å². The van der Waals surface area contributed by atoms with Gasteiger partial charge in [-0.15, -0.1) is 0 Å². The molecule has 0 radical (unpaired) electrons. The van der Waals surface area contributed by atoms with Crippen LogP contribution in [0, 0.1) is 0 Å². The summed E-state index contributed by atoms with van der Waals surface area (Å²) >= 11 is 0. The van der Waals surface area contributed by atoms with Gasteiger partial charge in [-0.25, -0.2) is 9.69 Å². The van der Waals surface area contributed by atoms with E-state index in [1.807, 2.05) is 42.5 Å². The molecular weight excluding hydrogens is 392 g/mol. The number of anilines is 1. The second-order valence-corrected chi connectivity index (χ2v) is 8.80. The van der Waals surface area contributed by atoms with E-state index in [1.54, 1.807) is 27.9 Å². The minimum absolute atomic E-state index is 0.220. The van der Waals surface area contributed by atoms with Crippen molar-refractivity contribution in [2.75, 3.05) is 25.1 Å². The Kier molecular flexibility index (Phi) is 5.48. The van der Waals surface area contributed by atoms with Crippen LogP contribution in [-0.4, -0.2) is 42.7 Å². The number of methoxy groups -OCH3 is 1. The van der Waals surface area contributed by atoms with Gasteiger partial charge < -0.3 is 14.4 Å². The number of nitrogens with zero attached hydrogens (tertiary/aromatic N) is 2. The SMILES string of the molecule is COc1ccc(N2CCc3ccccc3C2C2=CCN(C(=O)OC(C)(C)C)C2=O)cc1. The average Bonchev–Trinajstić information content (AvgIpc) is 3.13. The Hall–Kier alpha value is -3.28. The molecule has 0 aromatic heterocycles. The standard InChI is InChI=1S/C25H28N2O4/c1-25(2,3)31-24(29)27-16-14-21(23(27)28)22-20-8-6-5-7-17(20)13-15-26(22)18-9-11-19(30-4)12-10-18/h5-12,14,22H,13,15-16H2,1-4H3. The first-order valence-electron chi connectivity index (χ1n) is 10.5. The molecule has 2 aromatic carbocycles. The van der Waals surface area contributed by atoms with Crippen LogP contribution in [0.25, 0.3) is 0 Å². The van der Waals surface area contributed by atoms with Gasteiger partial charge in [0.15, 0.2) is 0 Å². The van der Waals surface area contributed by atoms with E-state index in [-0.39, 0.29) is 18.5 Å². The third kappa shape index (κ3) is 4.15. The van der Waals surface area contributed by atoms with Crippen molar-refractivity contribution in [3.63, 3.8) is 0 Å². The van der Waals surface area contributed by atoms with Gasteiger partial charge in [-0.05, 0) is 62.6 Å². The molecule has 0 N–H and O–H groups in total. The lowest BCUT2D eigenvalue weighted by Crippen LogP contribution is -2.42. The highest BCUT2D eigenvalue weighted by Crippen LogP contribution is 2.40. The first kappa shape index (κ1) is 21.0. The van der Waals surface area contributed by atoms with Gasteiger partial charge in [-0.1, -0.05) is 30.3 Å². The van der Waals surface area contributed by atoms with E-state index in [1.165, 1.54) is 10.5 Å². The van der Waals surface area contributed by atoms with Gasteiger partial charge in [0.05, 0.1) is 19.7 Å². The van der Waals surface area contributed by atoms with Gasteiger partial charge in [0.2, 0.25) is 0 Å². The fourth-order valence-corrected chi connectivity index (χ4v) is 4.17. The van der Waals surface area contributed by atoms with Crippen LogP contribution in [0.15, 0.2) is 60.2 Å². The molecule has 6 heteroatoms. The predicted molar refractivity (Wildman–Crippen MR) is 119 cm³/mol. The van der Waals surface area contributed by atoms with E-state index in [4.69, 9.17) is 9.47 Å². The van der Waals surface area contributed by atoms with Crippen molar-refractivity contribution in [3.8, 4) is 5.75 Å². The molecule has 0 aliphatic carbocycles. The number of carbonyl (C=O) groups is 2. The first-order chi connectivity index (χ1) is 14.8. The molecule has 2 aromatic rings. The van der Waals surface area contributed by atoms with Crippen molar-refractivity contribution in [2.45, 2.75) is 38.8 Å². The maximum absolute atomic E-state index is 13.3. The highest BCUT2D eigenvalue weighted by Gasteiger charge is 2.40. The monoisotopic (exact) mass is 420 g/mol. The summed E-state index contributed by atoms with van der Waals surface area (Å²) in [6.07, 6.45) is 2.13. The second-order valence-electron chi connectivity index (χ2n) is 8.80. The van der Waals surface area contributed by atoms with E-state index in [0.29, 0.717) is 5.57 Å². The molecule has 2 amide bonds. The molecule has 6 nitrogen and oxygen atoms in total. The smallest absolute Gasteiger partial charge is 0.417 e. The van der Waals surface area contributed by atoms with Crippen molar-refractivity contribution < 1.29 is 19.1 Å². The molecule has 2 aliphatic rings. The molecule has 1 unspecified atom stereocenters. The number of carbonyl (C=O) groups excluding carboxylic acids is 2. The van der Waals surface area contributed by atoms with Crippen LogP contribution in [0.5, 0.6) is 5.75 Å². The topological polar surface area (TPSA) is 59.1 Å². The highest BCUT2D eigenvalue weighted by molar-refractivity contribution is 6.06. The van der Waals surface area contributed by atoms with Gasteiger partial charge >= 0.3 is 6.09 Å². The quantitative estimate of drug-likeness (QED) is 0.732. The summed E-state index contributed by atoms with van der Waals surface area (Å²) in [6.45, 7) is 6.37. The van der Waals surface area contributed by atoms with Crippen LogP contribution in [0.1, 0.15) is 37.9 Å². The molecule has 0 saturated carbocycles. The summed E-state index contributed by atoms with van der Waals surface area (Å²) in [5.41, 5.74) is 3.27. The lowest BCUT2D eigenvalue weighted by Gasteiger charge is -2.39. The number of imide groups is 1. The third-order valence-electron chi connectivity index (χ3n) is 5.58. The number of fused-ring (bicyclic) bond motifs is 1. The Balaban J connectivity index is 1.68. The molecule has 0 fully saturated rings. The normalized spacial score (nSPS) is 18.5. The lowest BCUT2D eigenvalue weighted by atomic mass is 9.87. The zero-order valence-corrected chi connectivity index (χ0v) is 18.4. The third-order valence-corrected chi connectivity index (χ3v) is 5.58. The first-order valence-corrected chi connectivity index (χ1v) is 10.5. The van der Waals surface area contributed by atoms with Crippen LogP contribution in [0.3, 0.4) is 0 Å².